The third-order valence-corrected chi connectivity index (χ3v) is 5.76. The number of halogens is 2. The van der Waals surface area contributed by atoms with Crippen LogP contribution in [-0.2, 0) is 4.79 Å². The minimum absolute atomic E-state index is 0.159. The Morgan fingerprint density at radius 1 is 1.06 bits per heavy atom. The van der Waals surface area contributed by atoms with Gasteiger partial charge in [-0.1, -0.05) is 35.3 Å². The van der Waals surface area contributed by atoms with E-state index in [1.54, 1.807) is 18.2 Å². The molecule has 4 rings (SSSR count). The van der Waals surface area contributed by atoms with Gasteiger partial charge in [0.2, 0.25) is 0 Å². The molecule has 0 aliphatic carbocycles. The molecule has 34 heavy (non-hydrogen) atoms. The second-order valence-corrected chi connectivity index (χ2v) is 8.54. The number of hydrogen-bond donors (Lipinski definition) is 1. The maximum Gasteiger partial charge on any atom is 0.308 e. The lowest BCUT2D eigenvalue weighted by atomic mass is 10.2. The third-order valence-electron chi connectivity index (χ3n) is 5.12. The second-order valence-electron chi connectivity index (χ2n) is 7.73. The van der Waals surface area contributed by atoms with Gasteiger partial charge in [-0.3, -0.25) is 9.59 Å². The van der Waals surface area contributed by atoms with Crippen molar-refractivity contribution in [1.82, 2.24) is 0 Å². The Bertz CT molecular complexity index is 1230. The first kappa shape index (κ1) is 23.7. The zero-order valence-corrected chi connectivity index (χ0v) is 20.0. The van der Waals surface area contributed by atoms with E-state index >= 15 is 0 Å². The summed E-state index contributed by atoms with van der Waals surface area (Å²) in [5.74, 6) is 0.646. The zero-order chi connectivity index (χ0) is 24.2. The Morgan fingerprint density at radius 3 is 2.59 bits per heavy atom. The fourth-order valence-corrected chi connectivity index (χ4v) is 3.98. The fourth-order valence-electron chi connectivity index (χ4n) is 3.56. The molecule has 0 saturated carbocycles. The SMILES string of the molecule is CC(=O)Oc1ccc(Cl)c(NC(=O)c2ccc(OC[C@@H]3CN(C)c4ccccc4O3)cc2Cl)c1. The Balaban J connectivity index is 1.40. The predicted molar refractivity (Wildman–Crippen MR) is 132 cm³/mol. The van der Waals surface area contributed by atoms with Gasteiger partial charge in [0, 0.05) is 20.0 Å². The molecule has 0 unspecified atom stereocenters. The van der Waals surface area contributed by atoms with Crippen LogP contribution in [0.1, 0.15) is 17.3 Å². The molecule has 0 radical (unpaired) electrons. The number of anilines is 2. The van der Waals surface area contributed by atoms with Gasteiger partial charge in [0.1, 0.15) is 30.0 Å². The van der Waals surface area contributed by atoms with Crippen LogP contribution >= 0.6 is 23.2 Å². The first-order valence-corrected chi connectivity index (χ1v) is 11.2. The maximum atomic E-state index is 12.8. The molecule has 1 aliphatic rings. The zero-order valence-electron chi connectivity index (χ0n) is 18.5. The average molecular weight is 501 g/mol. The van der Waals surface area contributed by atoms with Gasteiger partial charge in [0.15, 0.2) is 0 Å². The van der Waals surface area contributed by atoms with Crippen LogP contribution in [0.4, 0.5) is 11.4 Å². The molecule has 7 nitrogen and oxygen atoms in total. The molecule has 3 aromatic carbocycles. The summed E-state index contributed by atoms with van der Waals surface area (Å²) in [4.78, 5) is 26.1. The smallest absolute Gasteiger partial charge is 0.308 e. The van der Waals surface area contributed by atoms with Crippen LogP contribution in [0, 0.1) is 0 Å². The number of nitrogens with one attached hydrogen (secondary N) is 1. The Kier molecular flexibility index (Phi) is 7.14. The van der Waals surface area contributed by atoms with Crippen molar-refractivity contribution in [2.75, 3.05) is 30.4 Å². The normalized spacial score (nSPS) is 14.6. The van der Waals surface area contributed by atoms with Crippen molar-refractivity contribution in [2.45, 2.75) is 13.0 Å². The van der Waals surface area contributed by atoms with Crippen molar-refractivity contribution in [3.05, 3.63) is 76.3 Å². The summed E-state index contributed by atoms with van der Waals surface area (Å²) in [5, 5.41) is 3.19. The van der Waals surface area contributed by atoms with Gasteiger partial charge in [-0.15, -0.1) is 0 Å². The van der Waals surface area contributed by atoms with E-state index in [0.717, 1.165) is 11.4 Å². The number of rotatable bonds is 6. The molecule has 1 amide bonds. The predicted octanol–water partition coefficient (Wildman–Crippen LogP) is 5.45. The number of amides is 1. The highest BCUT2D eigenvalue weighted by atomic mass is 35.5. The molecule has 0 spiro atoms. The highest BCUT2D eigenvalue weighted by Gasteiger charge is 2.24. The first-order chi connectivity index (χ1) is 16.3. The van der Waals surface area contributed by atoms with E-state index in [9.17, 15) is 9.59 Å². The van der Waals surface area contributed by atoms with E-state index in [0.29, 0.717) is 29.6 Å². The van der Waals surface area contributed by atoms with Crippen LogP contribution in [0.25, 0.3) is 0 Å². The molecule has 9 heteroatoms. The van der Waals surface area contributed by atoms with E-state index < -0.39 is 11.9 Å². The monoisotopic (exact) mass is 500 g/mol. The molecule has 1 aliphatic heterocycles. The molecule has 1 N–H and O–H groups in total. The molecular formula is C25H22Cl2N2O5. The van der Waals surface area contributed by atoms with Crippen LogP contribution < -0.4 is 24.4 Å². The molecule has 0 bridgehead atoms. The lowest BCUT2D eigenvalue weighted by molar-refractivity contribution is -0.131. The molecule has 3 aromatic rings. The highest BCUT2D eigenvalue weighted by Crippen LogP contribution is 2.33. The van der Waals surface area contributed by atoms with Crippen molar-refractivity contribution >= 4 is 46.5 Å². The van der Waals surface area contributed by atoms with Crippen LogP contribution in [-0.4, -0.2) is 38.2 Å². The molecule has 176 valence electrons. The van der Waals surface area contributed by atoms with Crippen LogP contribution in [0.15, 0.2) is 60.7 Å². The number of likely N-dealkylation sites (N-methyl/N-ethyl adjacent to an activating group) is 1. The standard InChI is InChI=1S/C25H22Cl2N2O5/c1-15(30)33-17-8-10-20(26)22(12-17)28-25(31)19-9-7-16(11-21(19)27)32-14-18-13-29(2)23-5-3-4-6-24(23)34-18/h3-12,18H,13-14H2,1-2H3,(H,28,31)/t18-/m0/s1. The number of nitrogens with zero attached hydrogens (tertiary/aromatic N) is 1. The van der Waals surface area contributed by atoms with E-state index in [2.05, 4.69) is 10.2 Å². The molecule has 0 fully saturated rings. The quantitative estimate of drug-likeness (QED) is 0.358. The van der Waals surface area contributed by atoms with E-state index in [1.165, 1.54) is 25.1 Å². The van der Waals surface area contributed by atoms with E-state index in [-0.39, 0.29) is 22.4 Å². The van der Waals surface area contributed by atoms with E-state index in [1.807, 2.05) is 31.3 Å². The molecule has 1 heterocycles. The highest BCUT2D eigenvalue weighted by molar-refractivity contribution is 6.36. The number of benzene rings is 3. The largest absolute Gasteiger partial charge is 0.490 e. The molecule has 0 aromatic heterocycles. The molecular weight excluding hydrogens is 479 g/mol. The number of esters is 1. The average Bonchev–Trinajstić information content (AvgIpc) is 2.79. The third kappa shape index (κ3) is 5.55. The summed E-state index contributed by atoms with van der Waals surface area (Å²) in [6.45, 7) is 2.28. The van der Waals surface area contributed by atoms with Crippen molar-refractivity contribution in [3.8, 4) is 17.2 Å². The van der Waals surface area contributed by atoms with Crippen LogP contribution in [0.5, 0.6) is 17.2 Å². The molecule has 1 atom stereocenters. The number of para-hydroxylation sites is 2. The van der Waals surface area contributed by atoms with Gasteiger partial charge >= 0.3 is 5.97 Å². The first-order valence-electron chi connectivity index (χ1n) is 10.5. The number of carbonyl (C=O) groups is 2. The number of ether oxygens (including phenoxy) is 3. The Hall–Kier alpha value is -3.42. The number of carbonyl (C=O) groups excluding carboxylic acids is 2. The lowest BCUT2D eigenvalue weighted by Gasteiger charge is -2.33. The van der Waals surface area contributed by atoms with Crippen molar-refractivity contribution in [2.24, 2.45) is 0 Å². The van der Waals surface area contributed by atoms with Gasteiger partial charge in [0.05, 0.1) is 33.5 Å². The Morgan fingerprint density at radius 2 is 1.82 bits per heavy atom. The van der Waals surface area contributed by atoms with Gasteiger partial charge < -0.3 is 24.4 Å². The maximum absolute atomic E-state index is 12.8. The van der Waals surface area contributed by atoms with Crippen molar-refractivity contribution < 1.29 is 23.8 Å². The lowest BCUT2D eigenvalue weighted by Crippen LogP contribution is -2.41. The summed E-state index contributed by atoms with van der Waals surface area (Å²) in [5.41, 5.74) is 1.57. The molecule has 0 saturated heterocycles. The number of fused-ring (bicyclic) bond motifs is 1. The Labute approximate surface area is 207 Å². The van der Waals surface area contributed by atoms with Gasteiger partial charge in [-0.25, -0.2) is 0 Å². The summed E-state index contributed by atoms with van der Waals surface area (Å²) >= 11 is 12.5. The van der Waals surface area contributed by atoms with Crippen LogP contribution in [0.2, 0.25) is 10.0 Å². The van der Waals surface area contributed by atoms with Crippen molar-refractivity contribution in [1.29, 1.82) is 0 Å². The van der Waals surface area contributed by atoms with E-state index in [4.69, 9.17) is 37.4 Å². The summed E-state index contributed by atoms with van der Waals surface area (Å²) in [7, 11) is 2.01. The summed E-state index contributed by atoms with van der Waals surface area (Å²) in [6.07, 6.45) is -0.159. The number of hydrogen-bond acceptors (Lipinski definition) is 6. The van der Waals surface area contributed by atoms with Crippen molar-refractivity contribution in [3.63, 3.8) is 0 Å². The topological polar surface area (TPSA) is 77.1 Å². The van der Waals surface area contributed by atoms with Gasteiger partial charge in [-0.2, -0.15) is 0 Å². The van der Waals surface area contributed by atoms with Crippen LogP contribution in [0.3, 0.4) is 0 Å². The summed E-state index contributed by atoms with van der Waals surface area (Å²) < 4.78 is 16.9. The minimum atomic E-state index is -0.479. The van der Waals surface area contributed by atoms with Gasteiger partial charge in [-0.05, 0) is 42.5 Å². The fraction of sp³-hybridized carbons (Fsp3) is 0.200. The van der Waals surface area contributed by atoms with Gasteiger partial charge in [0.25, 0.3) is 5.91 Å². The second kappa shape index (κ2) is 10.2. The summed E-state index contributed by atoms with van der Waals surface area (Å²) in [6, 6.07) is 17.2. The minimum Gasteiger partial charge on any atom is -0.490 e.